The van der Waals surface area contributed by atoms with Gasteiger partial charge in [0.25, 0.3) is 0 Å². The van der Waals surface area contributed by atoms with E-state index in [0.29, 0.717) is 6.04 Å². The van der Waals surface area contributed by atoms with Crippen molar-refractivity contribution in [3.05, 3.63) is 64.5 Å². The fraction of sp³-hybridized carbons (Fsp3) is 0.320. The molecule has 0 N–H and O–H groups in total. The Morgan fingerprint density at radius 2 is 1.88 bits per heavy atom. The maximum atomic E-state index is 12.5. The Morgan fingerprint density at radius 1 is 1.09 bits per heavy atom. The number of pyridine rings is 1. The fourth-order valence-electron chi connectivity index (χ4n) is 3.88. The van der Waals surface area contributed by atoms with Gasteiger partial charge in [0.1, 0.15) is 27.6 Å². The molecule has 0 saturated carbocycles. The zero-order valence-electron chi connectivity index (χ0n) is 19.4. The van der Waals surface area contributed by atoms with Gasteiger partial charge in [-0.05, 0) is 85.4 Å². The molecule has 0 aliphatic carbocycles. The highest BCUT2D eigenvalue weighted by Crippen LogP contribution is 2.32. The Morgan fingerprint density at radius 3 is 2.56 bits per heavy atom. The highest BCUT2D eigenvalue weighted by atomic mass is 79.9. The summed E-state index contributed by atoms with van der Waals surface area (Å²) in [6.45, 7) is 7.12. The lowest BCUT2D eigenvalue weighted by molar-refractivity contribution is 0.0708. The maximum absolute atomic E-state index is 12.5. The van der Waals surface area contributed by atoms with E-state index in [2.05, 4.69) is 40.4 Å². The molecule has 1 aromatic carbocycles. The second-order valence-electron chi connectivity index (χ2n) is 7.96. The molecule has 1 fully saturated rings. The summed E-state index contributed by atoms with van der Waals surface area (Å²) in [5.74, 6) is 1.44. The molecule has 0 amide bonds. The van der Waals surface area contributed by atoms with Gasteiger partial charge in [0.05, 0.1) is 11.9 Å². The summed E-state index contributed by atoms with van der Waals surface area (Å²) < 4.78 is 21.1. The number of ether oxygens (including phenoxy) is 1. The zero-order valence-corrected chi connectivity index (χ0v) is 21.0. The van der Waals surface area contributed by atoms with Gasteiger partial charge in [0, 0.05) is 37.2 Å². The first-order chi connectivity index (χ1) is 16.5. The monoisotopic (exact) mass is 524 g/mol. The molecule has 34 heavy (non-hydrogen) atoms. The van der Waals surface area contributed by atoms with Crippen molar-refractivity contribution in [2.24, 2.45) is 4.99 Å². The first-order valence-corrected chi connectivity index (χ1v) is 11.9. The van der Waals surface area contributed by atoms with Crippen LogP contribution in [-0.2, 0) is 4.74 Å². The predicted octanol–water partition coefficient (Wildman–Crippen LogP) is 6.17. The maximum Gasteiger partial charge on any atom is 0.164 e. The Balaban J connectivity index is 0.000000210. The highest BCUT2D eigenvalue weighted by Gasteiger charge is 2.23. The first-order valence-electron chi connectivity index (χ1n) is 11.1. The zero-order chi connectivity index (χ0) is 24.1. The van der Waals surface area contributed by atoms with Crippen molar-refractivity contribution >= 4 is 39.0 Å². The third-order valence-corrected chi connectivity index (χ3v) is 5.99. The van der Waals surface area contributed by atoms with Crippen LogP contribution in [0.15, 0.2) is 52.3 Å². The molecule has 7 nitrogen and oxygen atoms in total. The molecular formula is C25H26BrFN6O. The van der Waals surface area contributed by atoms with E-state index in [4.69, 9.17) is 9.72 Å². The van der Waals surface area contributed by atoms with Gasteiger partial charge in [0.2, 0.25) is 0 Å². The fourth-order valence-corrected chi connectivity index (χ4v) is 4.11. The van der Waals surface area contributed by atoms with Crippen LogP contribution in [0.4, 0.5) is 10.1 Å². The lowest BCUT2D eigenvalue weighted by atomic mass is 10.1. The van der Waals surface area contributed by atoms with E-state index in [1.54, 1.807) is 18.5 Å². The summed E-state index contributed by atoms with van der Waals surface area (Å²) >= 11 is 3.38. The number of rotatable bonds is 3. The summed E-state index contributed by atoms with van der Waals surface area (Å²) in [7, 11) is 0. The number of imidazole rings is 1. The average Bonchev–Trinajstić information content (AvgIpc) is 3.21. The normalized spacial score (nSPS) is 14.4. The molecule has 176 valence electrons. The second kappa shape index (κ2) is 10.9. The van der Waals surface area contributed by atoms with Gasteiger partial charge in [-0.25, -0.2) is 24.3 Å². The van der Waals surface area contributed by atoms with Gasteiger partial charge in [0.15, 0.2) is 5.65 Å². The van der Waals surface area contributed by atoms with E-state index in [1.807, 2.05) is 39.1 Å². The number of nitrogens with zero attached hydrogens (tertiary/aromatic N) is 6. The number of halogens is 2. The molecule has 1 aliphatic rings. The van der Waals surface area contributed by atoms with Crippen LogP contribution < -0.4 is 0 Å². The van der Waals surface area contributed by atoms with Gasteiger partial charge in [-0.3, -0.25) is 4.99 Å². The summed E-state index contributed by atoms with van der Waals surface area (Å²) in [5.41, 5.74) is 4.38. The quantitative estimate of drug-likeness (QED) is 0.236. The summed E-state index contributed by atoms with van der Waals surface area (Å²) in [6.07, 6.45) is 7.25. The Labute approximate surface area is 206 Å². The van der Waals surface area contributed by atoms with Crippen molar-refractivity contribution in [3.8, 4) is 11.4 Å². The predicted molar refractivity (Wildman–Crippen MR) is 135 cm³/mol. The molecule has 0 unspecified atom stereocenters. The lowest BCUT2D eigenvalue weighted by Crippen LogP contribution is -2.20. The van der Waals surface area contributed by atoms with E-state index in [-0.39, 0.29) is 5.82 Å². The Bertz CT molecular complexity index is 1300. The lowest BCUT2D eigenvalue weighted by Gasteiger charge is -2.25. The molecule has 1 aliphatic heterocycles. The van der Waals surface area contributed by atoms with E-state index in [1.165, 1.54) is 12.1 Å². The van der Waals surface area contributed by atoms with Crippen LogP contribution in [0.5, 0.6) is 0 Å². The molecule has 5 rings (SSSR count). The van der Waals surface area contributed by atoms with Crippen LogP contribution in [0.1, 0.15) is 37.2 Å². The van der Waals surface area contributed by atoms with Crippen molar-refractivity contribution in [3.63, 3.8) is 0 Å². The van der Waals surface area contributed by atoms with E-state index < -0.39 is 0 Å². The minimum Gasteiger partial charge on any atom is -0.381 e. The van der Waals surface area contributed by atoms with Crippen molar-refractivity contribution in [1.29, 1.82) is 0 Å². The van der Waals surface area contributed by atoms with Crippen molar-refractivity contribution < 1.29 is 9.13 Å². The minimum absolute atomic E-state index is 0.211. The SMILES string of the molecule is CC=Nc1ccc(F)cc1C.Cc1ncc2nc(-c3ccc(Br)nc3)n(C3CCOCC3)c2n1. The topological polar surface area (TPSA) is 78.1 Å². The Hall–Kier alpha value is -3.04. The third kappa shape index (κ3) is 5.53. The molecular weight excluding hydrogens is 499 g/mol. The molecule has 4 aromatic rings. The smallest absolute Gasteiger partial charge is 0.164 e. The number of aliphatic imine (C=N–C) groups is 1. The summed E-state index contributed by atoms with van der Waals surface area (Å²) in [5, 5.41) is 0. The number of aryl methyl sites for hydroxylation is 2. The Kier molecular flexibility index (Phi) is 7.74. The van der Waals surface area contributed by atoms with Crippen LogP contribution in [0, 0.1) is 19.7 Å². The van der Waals surface area contributed by atoms with E-state index >= 15 is 0 Å². The highest BCUT2D eigenvalue weighted by molar-refractivity contribution is 9.10. The van der Waals surface area contributed by atoms with Crippen LogP contribution in [0.25, 0.3) is 22.6 Å². The number of hydrogen-bond donors (Lipinski definition) is 0. The molecule has 0 spiro atoms. The van der Waals surface area contributed by atoms with Crippen LogP contribution in [0.2, 0.25) is 0 Å². The molecule has 3 aromatic heterocycles. The molecule has 1 saturated heterocycles. The molecule has 4 heterocycles. The van der Waals surface area contributed by atoms with Gasteiger partial charge >= 0.3 is 0 Å². The van der Waals surface area contributed by atoms with E-state index in [0.717, 1.165) is 70.3 Å². The standard InChI is InChI=1S/C16H16BrN5O.C9H10FN/c1-10-18-9-13-16(20-10)22(12-4-6-23-7-5-12)15(21-13)11-2-3-14(17)19-8-11;1-3-11-9-5-4-8(10)6-7(9)2/h2-3,8-9,12H,4-7H2,1H3;3-6H,1-2H3. The second-order valence-corrected chi connectivity index (χ2v) is 8.78. The van der Waals surface area contributed by atoms with Crippen LogP contribution >= 0.6 is 15.9 Å². The van der Waals surface area contributed by atoms with Gasteiger partial charge in [-0.2, -0.15) is 0 Å². The molecule has 9 heteroatoms. The molecule has 0 atom stereocenters. The summed E-state index contributed by atoms with van der Waals surface area (Å²) in [6, 6.07) is 8.85. The molecule has 0 bridgehead atoms. The van der Waals surface area contributed by atoms with Crippen molar-refractivity contribution in [2.75, 3.05) is 13.2 Å². The number of benzene rings is 1. The summed E-state index contributed by atoms with van der Waals surface area (Å²) in [4.78, 5) is 22.1. The van der Waals surface area contributed by atoms with Gasteiger partial charge in [-0.15, -0.1) is 0 Å². The minimum atomic E-state index is -0.211. The van der Waals surface area contributed by atoms with Gasteiger partial charge < -0.3 is 9.30 Å². The third-order valence-electron chi connectivity index (χ3n) is 5.52. The number of fused-ring (bicyclic) bond motifs is 1. The van der Waals surface area contributed by atoms with Crippen LogP contribution in [0.3, 0.4) is 0 Å². The van der Waals surface area contributed by atoms with Crippen molar-refractivity contribution in [2.45, 2.75) is 39.7 Å². The van der Waals surface area contributed by atoms with Crippen molar-refractivity contribution in [1.82, 2.24) is 24.5 Å². The van der Waals surface area contributed by atoms with Gasteiger partial charge in [-0.1, -0.05) is 0 Å². The molecule has 0 radical (unpaired) electrons. The number of aromatic nitrogens is 5. The first kappa shape index (κ1) is 24.1. The van der Waals surface area contributed by atoms with E-state index in [9.17, 15) is 4.39 Å². The van der Waals surface area contributed by atoms with Crippen LogP contribution in [-0.4, -0.2) is 43.9 Å². The largest absolute Gasteiger partial charge is 0.381 e. The number of hydrogen-bond acceptors (Lipinski definition) is 6. The average molecular weight is 525 g/mol.